The minimum atomic E-state index is -1.33. The number of allylic oxidation sites excluding steroid dienone is 1. The number of rotatable bonds is 16. The van der Waals surface area contributed by atoms with Crippen LogP contribution in [0.15, 0.2) is 23.8 Å². The number of aliphatic hydroxyl groups is 4. The van der Waals surface area contributed by atoms with Crippen molar-refractivity contribution in [1.82, 2.24) is 10.6 Å². The highest BCUT2D eigenvalue weighted by Gasteiger charge is 2.41. The molecule has 2 heterocycles. The standard InChI is InChI=1S/C30H50N2O9/c1-19(21(3)33)11-9-12-22-18-41-29(28(38)27(22)37)26(36)20(2)17-25(35)40-16-8-6-4-5-7-14-24(34)32-23-13-10-15-31-30(23)39/h9,11,17,19,21-23,26-29,33,36-38H,4-8,10,12-16,18H2,1-3H3,(H,31,39)(H,32,34)/b11-9+,20-17+/t19-,21+,22+,23?,26+,27-,28-,29?/m1/s1. The molecule has 0 radical (unpaired) electrons. The van der Waals surface area contributed by atoms with Crippen LogP contribution in [-0.4, -0.2) is 94.5 Å². The van der Waals surface area contributed by atoms with Gasteiger partial charge in [0.1, 0.15) is 24.4 Å². The van der Waals surface area contributed by atoms with E-state index < -0.39 is 42.5 Å². The lowest BCUT2D eigenvalue weighted by Crippen LogP contribution is -2.54. The zero-order chi connectivity index (χ0) is 30.4. The number of nitrogens with one attached hydrogen (secondary N) is 2. The molecule has 11 nitrogen and oxygen atoms in total. The molecule has 0 saturated carbocycles. The minimum absolute atomic E-state index is 0.0352. The molecule has 11 heteroatoms. The third kappa shape index (κ3) is 12.2. The fourth-order valence-electron chi connectivity index (χ4n) is 4.86. The average Bonchev–Trinajstić information content (AvgIpc) is 2.93. The van der Waals surface area contributed by atoms with E-state index in [1.54, 1.807) is 6.92 Å². The highest BCUT2D eigenvalue weighted by atomic mass is 16.5. The van der Waals surface area contributed by atoms with E-state index in [0.29, 0.717) is 32.2 Å². The fourth-order valence-corrected chi connectivity index (χ4v) is 4.86. The lowest BCUT2D eigenvalue weighted by Gasteiger charge is -2.39. The fraction of sp³-hybridized carbons (Fsp3) is 0.767. The lowest BCUT2D eigenvalue weighted by atomic mass is 9.86. The molecule has 0 bridgehead atoms. The predicted molar refractivity (Wildman–Crippen MR) is 152 cm³/mol. The van der Waals surface area contributed by atoms with Gasteiger partial charge in [0.15, 0.2) is 0 Å². The van der Waals surface area contributed by atoms with Gasteiger partial charge in [0, 0.05) is 25.0 Å². The van der Waals surface area contributed by atoms with Crippen molar-refractivity contribution in [1.29, 1.82) is 0 Å². The minimum Gasteiger partial charge on any atom is -0.463 e. The number of hydrogen-bond donors (Lipinski definition) is 6. The van der Waals surface area contributed by atoms with E-state index >= 15 is 0 Å². The number of piperidine rings is 1. The van der Waals surface area contributed by atoms with Gasteiger partial charge in [-0.1, -0.05) is 38.3 Å². The third-order valence-corrected chi connectivity index (χ3v) is 7.85. The van der Waals surface area contributed by atoms with Gasteiger partial charge in [-0.3, -0.25) is 9.59 Å². The topological polar surface area (TPSA) is 175 Å². The molecule has 2 amide bonds. The number of amides is 2. The van der Waals surface area contributed by atoms with Gasteiger partial charge < -0.3 is 40.5 Å². The van der Waals surface area contributed by atoms with Gasteiger partial charge in [-0.05, 0) is 57.4 Å². The largest absolute Gasteiger partial charge is 0.463 e. The van der Waals surface area contributed by atoms with Crippen molar-refractivity contribution in [2.75, 3.05) is 19.8 Å². The molecule has 0 aliphatic carbocycles. The first-order valence-electron chi connectivity index (χ1n) is 14.9. The number of carbonyl (C=O) groups is 3. The Hall–Kier alpha value is -2.31. The van der Waals surface area contributed by atoms with Crippen molar-refractivity contribution in [3.05, 3.63) is 23.8 Å². The second kappa shape index (κ2) is 18.3. The van der Waals surface area contributed by atoms with Gasteiger partial charge in [0.25, 0.3) is 0 Å². The van der Waals surface area contributed by atoms with E-state index in [9.17, 15) is 34.8 Å². The SMILES string of the molecule is C/C(=C\C(=O)OCCCCCCCC(=O)NC1CCCNC1=O)[C@H](O)C1OC[C@H](C/C=C/[C@@H](C)[C@H](C)O)[C@@H](O)[C@H]1O. The molecular formula is C30H50N2O9. The summed E-state index contributed by atoms with van der Waals surface area (Å²) in [6.07, 6.45) is 5.92. The van der Waals surface area contributed by atoms with Crippen molar-refractivity contribution in [2.45, 2.75) is 115 Å². The Labute approximate surface area is 243 Å². The maximum atomic E-state index is 12.2. The van der Waals surface area contributed by atoms with Crippen LogP contribution in [-0.2, 0) is 23.9 Å². The summed E-state index contributed by atoms with van der Waals surface area (Å²) in [6, 6.07) is -0.423. The molecule has 0 aromatic carbocycles. The van der Waals surface area contributed by atoms with Crippen molar-refractivity contribution in [2.24, 2.45) is 11.8 Å². The molecule has 2 unspecified atom stereocenters. The monoisotopic (exact) mass is 582 g/mol. The number of aliphatic hydroxyl groups excluding tert-OH is 4. The predicted octanol–water partition coefficient (Wildman–Crippen LogP) is 1.27. The molecule has 234 valence electrons. The molecule has 6 N–H and O–H groups in total. The summed E-state index contributed by atoms with van der Waals surface area (Å²) in [5.74, 6) is -1.23. The van der Waals surface area contributed by atoms with Crippen LogP contribution in [0.1, 0.15) is 78.6 Å². The van der Waals surface area contributed by atoms with Gasteiger partial charge in [-0.2, -0.15) is 0 Å². The highest BCUT2D eigenvalue weighted by molar-refractivity contribution is 5.88. The smallest absolute Gasteiger partial charge is 0.330 e. The van der Waals surface area contributed by atoms with Crippen LogP contribution in [0.5, 0.6) is 0 Å². The zero-order valence-corrected chi connectivity index (χ0v) is 24.7. The quantitative estimate of drug-likeness (QED) is 0.0678. The molecule has 8 atom stereocenters. The molecule has 0 aromatic heterocycles. The van der Waals surface area contributed by atoms with Crippen LogP contribution in [0.25, 0.3) is 0 Å². The van der Waals surface area contributed by atoms with Crippen LogP contribution in [0.2, 0.25) is 0 Å². The Morgan fingerprint density at radius 3 is 2.54 bits per heavy atom. The maximum Gasteiger partial charge on any atom is 0.330 e. The number of unbranched alkanes of at least 4 members (excludes halogenated alkanes) is 4. The normalized spacial score (nSPS) is 27.6. The average molecular weight is 583 g/mol. The summed E-state index contributed by atoms with van der Waals surface area (Å²) in [5.41, 5.74) is 0.263. The van der Waals surface area contributed by atoms with Gasteiger partial charge in [0.05, 0.1) is 25.4 Å². The van der Waals surface area contributed by atoms with E-state index in [-0.39, 0.29) is 42.4 Å². The summed E-state index contributed by atoms with van der Waals surface area (Å²) < 4.78 is 10.9. The van der Waals surface area contributed by atoms with Crippen LogP contribution >= 0.6 is 0 Å². The summed E-state index contributed by atoms with van der Waals surface area (Å²) in [7, 11) is 0. The number of esters is 1. The molecule has 2 aliphatic heterocycles. The van der Waals surface area contributed by atoms with Crippen LogP contribution < -0.4 is 10.6 Å². The summed E-state index contributed by atoms with van der Waals surface area (Å²) in [6.45, 7) is 6.13. The van der Waals surface area contributed by atoms with Gasteiger partial charge in [-0.15, -0.1) is 0 Å². The summed E-state index contributed by atoms with van der Waals surface area (Å²) >= 11 is 0. The van der Waals surface area contributed by atoms with Crippen molar-refractivity contribution < 1.29 is 44.3 Å². The van der Waals surface area contributed by atoms with Gasteiger partial charge in [0.2, 0.25) is 11.8 Å². The lowest BCUT2D eigenvalue weighted by molar-refractivity contribution is -0.187. The van der Waals surface area contributed by atoms with Crippen molar-refractivity contribution in [3.63, 3.8) is 0 Å². The summed E-state index contributed by atoms with van der Waals surface area (Å²) in [4.78, 5) is 35.9. The number of carbonyl (C=O) groups excluding carboxylic acids is 3. The molecule has 2 saturated heterocycles. The highest BCUT2D eigenvalue weighted by Crippen LogP contribution is 2.27. The van der Waals surface area contributed by atoms with Gasteiger partial charge in [-0.25, -0.2) is 4.79 Å². The van der Waals surface area contributed by atoms with Crippen LogP contribution in [0.4, 0.5) is 0 Å². The Morgan fingerprint density at radius 1 is 1.12 bits per heavy atom. The summed E-state index contributed by atoms with van der Waals surface area (Å²) in [5, 5.41) is 46.9. The number of hydrogen-bond acceptors (Lipinski definition) is 9. The molecule has 0 spiro atoms. The van der Waals surface area contributed by atoms with Crippen molar-refractivity contribution in [3.8, 4) is 0 Å². The Kier molecular flexibility index (Phi) is 15.6. The molecule has 41 heavy (non-hydrogen) atoms. The maximum absolute atomic E-state index is 12.2. The van der Waals surface area contributed by atoms with E-state index in [4.69, 9.17) is 9.47 Å². The van der Waals surface area contributed by atoms with E-state index in [1.807, 2.05) is 19.1 Å². The first kappa shape index (κ1) is 34.9. The molecular weight excluding hydrogens is 532 g/mol. The Bertz CT molecular complexity index is 891. The molecule has 2 rings (SSSR count). The van der Waals surface area contributed by atoms with E-state index in [0.717, 1.165) is 32.1 Å². The zero-order valence-electron chi connectivity index (χ0n) is 24.7. The first-order valence-corrected chi connectivity index (χ1v) is 14.9. The van der Waals surface area contributed by atoms with E-state index in [1.165, 1.54) is 13.0 Å². The second-order valence-corrected chi connectivity index (χ2v) is 11.4. The third-order valence-electron chi connectivity index (χ3n) is 7.85. The van der Waals surface area contributed by atoms with Crippen LogP contribution in [0, 0.1) is 11.8 Å². The Morgan fingerprint density at radius 2 is 1.83 bits per heavy atom. The van der Waals surface area contributed by atoms with Gasteiger partial charge >= 0.3 is 5.97 Å². The first-order chi connectivity index (χ1) is 19.5. The number of ether oxygens (including phenoxy) is 2. The van der Waals surface area contributed by atoms with Crippen molar-refractivity contribution >= 4 is 17.8 Å². The second-order valence-electron chi connectivity index (χ2n) is 11.4. The van der Waals surface area contributed by atoms with Crippen LogP contribution in [0.3, 0.4) is 0 Å². The molecule has 0 aromatic rings. The molecule has 2 aliphatic rings. The van der Waals surface area contributed by atoms with E-state index in [2.05, 4.69) is 10.6 Å². The molecule has 2 fully saturated rings. The Balaban J connectivity index is 1.61.